The number of hydrogen-bond acceptors (Lipinski definition) is 2. The summed E-state index contributed by atoms with van der Waals surface area (Å²) in [6.07, 6.45) is 6.61. The van der Waals surface area contributed by atoms with Crippen molar-refractivity contribution in [3.63, 3.8) is 0 Å². The van der Waals surface area contributed by atoms with Crippen molar-refractivity contribution in [2.45, 2.75) is 32.6 Å². The van der Waals surface area contributed by atoms with Gasteiger partial charge in [0.25, 0.3) is 0 Å². The molecule has 3 aromatic rings. The Hall–Kier alpha value is -2.72. The quantitative estimate of drug-likeness (QED) is 0.502. The third-order valence-corrected chi connectivity index (χ3v) is 5.42. The Morgan fingerprint density at radius 3 is 2.48 bits per heavy atom. The zero-order valence-corrected chi connectivity index (χ0v) is 16.1. The van der Waals surface area contributed by atoms with E-state index in [-0.39, 0.29) is 0 Å². The predicted molar refractivity (Wildman–Crippen MR) is 114 cm³/mol. The van der Waals surface area contributed by atoms with Gasteiger partial charge in [-0.25, -0.2) is 0 Å². The molecule has 4 nitrogen and oxygen atoms in total. The molecule has 4 rings (SSSR count). The van der Waals surface area contributed by atoms with Crippen molar-refractivity contribution < 1.29 is 0 Å². The van der Waals surface area contributed by atoms with Gasteiger partial charge < -0.3 is 20.6 Å². The van der Waals surface area contributed by atoms with E-state index in [1.165, 1.54) is 29.4 Å². The normalized spacial score (nSPS) is 14.9. The highest BCUT2D eigenvalue weighted by molar-refractivity contribution is 5.86. The van der Waals surface area contributed by atoms with Crippen LogP contribution in [0.3, 0.4) is 0 Å². The Kier molecular flexibility index (Phi) is 5.16. The van der Waals surface area contributed by atoms with Crippen LogP contribution in [0.25, 0.3) is 10.9 Å². The summed E-state index contributed by atoms with van der Waals surface area (Å²) in [5, 5.41) is 8.29. The van der Waals surface area contributed by atoms with E-state index in [2.05, 4.69) is 89.3 Å². The number of aromatic amines is 2. The minimum Gasteiger partial charge on any atom is -0.365 e. The lowest BCUT2D eigenvalue weighted by atomic mass is 9.92. The summed E-state index contributed by atoms with van der Waals surface area (Å²) < 4.78 is 0. The van der Waals surface area contributed by atoms with Crippen LogP contribution in [0, 0.1) is 13.8 Å². The number of aromatic nitrogens is 2. The minimum atomic E-state index is 0.611. The molecular formula is C23H28N4. The average molecular weight is 361 g/mol. The highest BCUT2D eigenvalue weighted by atomic mass is 14.9. The number of anilines is 2. The van der Waals surface area contributed by atoms with Gasteiger partial charge in [-0.2, -0.15) is 0 Å². The highest BCUT2D eigenvalue weighted by Crippen LogP contribution is 2.26. The molecule has 0 amide bonds. The van der Waals surface area contributed by atoms with E-state index in [9.17, 15) is 0 Å². The van der Waals surface area contributed by atoms with Crippen LogP contribution in [0.15, 0.2) is 54.9 Å². The van der Waals surface area contributed by atoms with Crippen molar-refractivity contribution in [3.05, 3.63) is 71.7 Å². The summed E-state index contributed by atoms with van der Waals surface area (Å²) >= 11 is 0. The van der Waals surface area contributed by atoms with E-state index in [0.717, 1.165) is 35.7 Å². The van der Waals surface area contributed by atoms with Gasteiger partial charge in [-0.15, -0.1) is 0 Å². The first kappa shape index (κ1) is 17.7. The van der Waals surface area contributed by atoms with Crippen LogP contribution >= 0.6 is 0 Å². The highest BCUT2D eigenvalue weighted by Gasteiger charge is 2.14. The maximum atomic E-state index is 3.56. The molecule has 27 heavy (non-hydrogen) atoms. The van der Waals surface area contributed by atoms with Gasteiger partial charge >= 0.3 is 0 Å². The third kappa shape index (κ3) is 4.17. The number of nitrogens with one attached hydrogen (secondary N) is 4. The van der Waals surface area contributed by atoms with Gasteiger partial charge in [0.2, 0.25) is 0 Å². The number of hydrogen-bond donors (Lipinski definition) is 4. The van der Waals surface area contributed by atoms with Crippen LogP contribution < -0.4 is 10.6 Å². The lowest BCUT2D eigenvalue weighted by molar-refractivity contribution is 0.460. The summed E-state index contributed by atoms with van der Waals surface area (Å²) in [7, 11) is 0. The van der Waals surface area contributed by atoms with Gasteiger partial charge in [-0.05, 0) is 87.2 Å². The Morgan fingerprint density at radius 2 is 1.63 bits per heavy atom. The molecule has 0 radical (unpaired) electrons. The molecule has 1 saturated heterocycles. The van der Waals surface area contributed by atoms with E-state index < -0.39 is 0 Å². The summed E-state index contributed by atoms with van der Waals surface area (Å²) in [6.45, 7) is 6.43. The molecule has 2 aromatic heterocycles. The summed E-state index contributed by atoms with van der Waals surface area (Å²) in [5.74, 6) is 0.611. The molecule has 4 heteroatoms. The Labute approximate surface area is 160 Å². The van der Waals surface area contributed by atoms with Crippen molar-refractivity contribution in [1.82, 2.24) is 15.3 Å². The maximum absolute atomic E-state index is 3.56. The zero-order chi connectivity index (χ0) is 18.6. The molecule has 1 aliphatic rings. The summed E-state index contributed by atoms with van der Waals surface area (Å²) in [4.78, 5) is 6.77. The van der Waals surface area contributed by atoms with Gasteiger partial charge in [0.05, 0.1) is 0 Å². The fourth-order valence-corrected chi connectivity index (χ4v) is 3.76. The van der Waals surface area contributed by atoms with Crippen molar-refractivity contribution >= 4 is 22.3 Å². The average Bonchev–Trinajstić information content (AvgIpc) is 3.09. The van der Waals surface area contributed by atoms with Crippen molar-refractivity contribution in [3.8, 4) is 0 Å². The smallest absolute Gasteiger partial charge is 0.0477 e. The number of rotatable bonds is 3. The number of H-pyrrole nitrogens is 2. The summed E-state index contributed by atoms with van der Waals surface area (Å²) in [6, 6.07) is 15.2. The van der Waals surface area contributed by atoms with Crippen LogP contribution in [0.1, 0.15) is 35.6 Å². The monoisotopic (exact) mass is 360 g/mol. The lowest BCUT2D eigenvalue weighted by Crippen LogP contribution is -2.26. The Balaban J connectivity index is 1.66. The molecule has 1 aromatic carbocycles. The molecule has 0 aliphatic carbocycles. The van der Waals surface area contributed by atoms with Gasteiger partial charge in [0.1, 0.15) is 0 Å². The maximum Gasteiger partial charge on any atom is 0.0477 e. The molecule has 0 bridgehead atoms. The minimum absolute atomic E-state index is 0.611. The lowest BCUT2D eigenvalue weighted by Gasteiger charge is -2.22. The number of aryl methyl sites for hydroxylation is 2. The second-order valence-corrected chi connectivity index (χ2v) is 7.48. The molecule has 140 valence electrons. The molecule has 0 spiro atoms. The molecule has 3 heterocycles. The first-order chi connectivity index (χ1) is 13.2. The van der Waals surface area contributed by atoms with Crippen molar-refractivity contribution in [1.29, 1.82) is 0 Å². The van der Waals surface area contributed by atoms with Crippen molar-refractivity contribution in [2.24, 2.45) is 0 Å². The fourth-order valence-electron chi connectivity index (χ4n) is 3.76. The van der Waals surface area contributed by atoms with Crippen LogP contribution in [-0.4, -0.2) is 23.1 Å². The molecule has 0 saturated carbocycles. The van der Waals surface area contributed by atoms with Crippen LogP contribution in [0.4, 0.5) is 11.4 Å². The van der Waals surface area contributed by atoms with Gasteiger partial charge in [0.15, 0.2) is 0 Å². The van der Waals surface area contributed by atoms with Gasteiger partial charge in [-0.3, -0.25) is 0 Å². The van der Waals surface area contributed by atoms with Crippen LogP contribution in [-0.2, 0) is 0 Å². The Morgan fingerprint density at radius 1 is 0.852 bits per heavy atom. The second-order valence-electron chi connectivity index (χ2n) is 7.48. The Bertz CT molecular complexity index is 975. The fraction of sp³-hybridized carbons (Fsp3) is 0.304. The van der Waals surface area contributed by atoms with E-state index in [4.69, 9.17) is 0 Å². The van der Waals surface area contributed by atoms with E-state index in [1.807, 2.05) is 0 Å². The second kappa shape index (κ2) is 7.89. The number of benzene rings is 1. The molecular weight excluding hydrogens is 332 g/mol. The molecule has 0 unspecified atom stereocenters. The van der Waals surface area contributed by atoms with E-state index >= 15 is 0 Å². The SMILES string of the molecule is Cc1ccc(Nc2ccc3c(C)c[nH]c3c2)ccc(C2CCNCC2)c[nH]1. The number of piperidine rings is 1. The summed E-state index contributed by atoms with van der Waals surface area (Å²) in [5.41, 5.74) is 7.12. The zero-order valence-electron chi connectivity index (χ0n) is 16.1. The topological polar surface area (TPSA) is 55.6 Å². The van der Waals surface area contributed by atoms with Gasteiger partial charge in [0, 0.05) is 40.4 Å². The first-order valence-corrected chi connectivity index (χ1v) is 9.78. The predicted octanol–water partition coefficient (Wildman–Crippen LogP) is 5.45. The largest absolute Gasteiger partial charge is 0.365 e. The van der Waals surface area contributed by atoms with Crippen LogP contribution in [0.5, 0.6) is 0 Å². The van der Waals surface area contributed by atoms with Crippen molar-refractivity contribution in [2.75, 3.05) is 18.4 Å². The first-order valence-electron chi connectivity index (χ1n) is 9.78. The number of fused-ring (bicyclic) bond motifs is 1. The third-order valence-electron chi connectivity index (χ3n) is 5.42. The van der Waals surface area contributed by atoms with Crippen LogP contribution in [0.2, 0.25) is 0 Å². The van der Waals surface area contributed by atoms with E-state index in [1.54, 1.807) is 0 Å². The van der Waals surface area contributed by atoms with E-state index in [0.29, 0.717) is 5.92 Å². The standard InChI is InChI=1S/C23H28N4/c1-16-14-26-23-13-21(7-8-22(16)23)27-20-5-3-17(2)25-15-19(4-6-20)18-9-11-24-12-10-18/h3-8,13-15,18,24-27H,9-12H2,1-2H3. The molecule has 1 aliphatic heterocycles. The molecule has 0 atom stereocenters. The molecule has 1 fully saturated rings. The van der Waals surface area contributed by atoms with Gasteiger partial charge in [-0.1, -0.05) is 12.1 Å². The molecule has 4 N–H and O–H groups in total.